The number of nitrogens with two attached hydrogens (primary N) is 1. The molecule has 3 N–H and O–H groups in total. The molecule has 0 spiro atoms. The monoisotopic (exact) mass is 301 g/mol. The molecule has 1 aliphatic carbocycles. The molecule has 0 radical (unpaired) electrons. The lowest BCUT2D eigenvalue weighted by molar-refractivity contribution is 0.217. The van der Waals surface area contributed by atoms with Gasteiger partial charge in [0.25, 0.3) is 0 Å². The Morgan fingerprint density at radius 1 is 1.24 bits per heavy atom. The van der Waals surface area contributed by atoms with Crippen molar-refractivity contribution in [2.75, 3.05) is 11.1 Å². The van der Waals surface area contributed by atoms with E-state index in [9.17, 15) is 0 Å². The number of rotatable bonds is 3. The first-order valence-corrected chi connectivity index (χ1v) is 8.42. The first-order valence-electron chi connectivity index (χ1n) is 7.65. The third-order valence-electron chi connectivity index (χ3n) is 4.59. The van der Waals surface area contributed by atoms with E-state index in [1.807, 2.05) is 18.2 Å². The quantitative estimate of drug-likeness (QED) is 0.858. The summed E-state index contributed by atoms with van der Waals surface area (Å²) in [4.78, 5) is 0. The average Bonchev–Trinajstić information content (AvgIpc) is 2.83. The summed E-state index contributed by atoms with van der Waals surface area (Å²) in [7, 11) is 0. The first kappa shape index (κ1) is 14.4. The molecule has 0 saturated heterocycles. The standard InChI is InChI=1S/C17H23N3S/c1-17(2)11-7-6-10-13(17)19-16-14(15(18)20-21-16)12-8-4-3-5-9-12/h3-5,8-9,13,19H,6-7,10-11H2,1-2H3,(H2,18,20). The molecule has 3 rings (SSSR count). The Labute approximate surface area is 130 Å². The van der Waals surface area contributed by atoms with Crippen LogP contribution in [0.2, 0.25) is 0 Å². The number of hydrogen-bond donors (Lipinski definition) is 2. The summed E-state index contributed by atoms with van der Waals surface area (Å²) in [6.07, 6.45) is 5.14. The van der Waals surface area contributed by atoms with Gasteiger partial charge in [-0.3, -0.25) is 0 Å². The summed E-state index contributed by atoms with van der Waals surface area (Å²) >= 11 is 1.48. The van der Waals surface area contributed by atoms with Crippen LogP contribution in [0, 0.1) is 5.41 Å². The number of anilines is 2. The maximum Gasteiger partial charge on any atom is 0.147 e. The maximum absolute atomic E-state index is 6.11. The second kappa shape index (κ2) is 5.68. The van der Waals surface area contributed by atoms with Crippen molar-refractivity contribution in [3.8, 4) is 11.1 Å². The molecule has 1 heterocycles. The van der Waals surface area contributed by atoms with Gasteiger partial charge in [0.2, 0.25) is 0 Å². The third-order valence-corrected chi connectivity index (χ3v) is 5.39. The molecule has 1 aromatic carbocycles. The minimum Gasteiger partial charge on any atom is -0.382 e. The molecule has 21 heavy (non-hydrogen) atoms. The van der Waals surface area contributed by atoms with Crippen molar-refractivity contribution < 1.29 is 0 Å². The van der Waals surface area contributed by atoms with E-state index in [2.05, 4.69) is 35.7 Å². The van der Waals surface area contributed by atoms with E-state index in [0.29, 0.717) is 17.3 Å². The zero-order valence-corrected chi connectivity index (χ0v) is 13.5. The maximum atomic E-state index is 6.11. The van der Waals surface area contributed by atoms with Crippen molar-refractivity contribution in [2.24, 2.45) is 5.41 Å². The van der Waals surface area contributed by atoms with E-state index in [0.717, 1.165) is 16.1 Å². The Balaban J connectivity index is 1.90. The van der Waals surface area contributed by atoms with Crippen LogP contribution in [0.3, 0.4) is 0 Å². The van der Waals surface area contributed by atoms with Crippen molar-refractivity contribution in [2.45, 2.75) is 45.6 Å². The van der Waals surface area contributed by atoms with E-state index < -0.39 is 0 Å². The van der Waals surface area contributed by atoms with Gasteiger partial charge in [-0.05, 0) is 35.4 Å². The predicted molar refractivity (Wildman–Crippen MR) is 91.6 cm³/mol. The number of nitrogen functional groups attached to an aromatic ring is 1. The summed E-state index contributed by atoms with van der Waals surface area (Å²) in [5, 5.41) is 4.84. The van der Waals surface area contributed by atoms with Crippen LogP contribution in [0.4, 0.5) is 10.8 Å². The van der Waals surface area contributed by atoms with Crippen LogP contribution in [-0.2, 0) is 0 Å². The van der Waals surface area contributed by atoms with Crippen molar-refractivity contribution in [3.63, 3.8) is 0 Å². The second-order valence-corrected chi connectivity index (χ2v) is 7.34. The number of nitrogens with zero attached hydrogens (tertiary/aromatic N) is 1. The van der Waals surface area contributed by atoms with Crippen LogP contribution in [-0.4, -0.2) is 10.4 Å². The average molecular weight is 301 g/mol. The van der Waals surface area contributed by atoms with Crippen LogP contribution in [0.25, 0.3) is 11.1 Å². The SMILES string of the molecule is CC1(C)CCCCC1Nc1snc(N)c1-c1ccccc1. The first-order chi connectivity index (χ1) is 10.1. The number of benzene rings is 1. The van der Waals surface area contributed by atoms with Gasteiger partial charge in [-0.2, -0.15) is 4.37 Å². The van der Waals surface area contributed by atoms with Gasteiger partial charge in [-0.1, -0.05) is 57.0 Å². The van der Waals surface area contributed by atoms with Gasteiger partial charge < -0.3 is 11.1 Å². The highest BCUT2D eigenvalue weighted by Crippen LogP contribution is 2.42. The van der Waals surface area contributed by atoms with Gasteiger partial charge in [0.05, 0.1) is 5.56 Å². The van der Waals surface area contributed by atoms with Crippen LogP contribution in [0.1, 0.15) is 39.5 Å². The Hall–Kier alpha value is -1.55. The minimum atomic E-state index is 0.324. The summed E-state index contributed by atoms with van der Waals surface area (Å²) in [5.74, 6) is 0.627. The zero-order valence-electron chi connectivity index (χ0n) is 12.7. The van der Waals surface area contributed by atoms with Crippen LogP contribution >= 0.6 is 11.5 Å². The van der Waals surface area contributed by atoms with E-state index in [1.54, 1.807) is 0 Å². The fourth-order valence-electron chi connectivity index (χ4n) is 3.20. The molecular formula is C17H23N3S. The lowest BCUT2D eigenvalue weighted by atomic mass is 9.73. The normalized spacial score (nSPS) is 21.1. The Kier molecular flexibility index (Phi) is 3.89. The topological polar surface area (TPSA) is 50.9 Å². The number of aromatic nitrogens is 1. The van der Waals surface area contributed by atoms with Gasteiger partial charge in [0, 0.05) is 6.04 Å². The molecule has 1 atom stereocenters. The van der Waals surface area contributed by atoms with Gasteiger partial charge in [-0.25, -0.2) is 0 Å². The fourth-order valence-corrected chi connectivity index (χ4v) is 3.99. The molecule has 0 amide bonds. The molecule has 1 aromatic heterocycles. The summed E-state index contributed by atoms with van der Waals surface area (Å²) in [5.41, 5.74) is 8.63. The Bertz CT molecular complexity index is 604. The highest BCUT2D eigenvalue weighted by atomic mass is 32.1. The van der Waals surface area contributed by atoms with Crippen LogP contribution < -0.4 is 11.1 Å². The lowest BCUT2D eigenvalue weighted by Crippen LogP contribution is -2.38. The van der Waals surface area contributed by atoms with E-state index in [4.69, 9.17) is 5.73 Å². The molecule has 0 bridgehead atoms. The zero-order chi connectivity index (χ0) is 14.9. The Morgan fingerprint density at radius 3 is 2.71 bits per heavy atom. The van der Waals surface area contributed by atoms with E-state index in [-0.39, 0.29) is 0 Å². The van der Waals surface area contributed by atoms with Gasteiger partial charge in [0.15, 0.2) is 0 Å². The van der Waals surface area contributed by atoms with Crippen molar-refractivity contribution >= 4 is 22.4 Å². The molecule has 4 heteroatoms. The highest BCUT2D eigenvalue weighted by molar-refractivity contribution is 7.11. The lowest BCUT2D eigenvalue weighted by Gasteiger charge is -2.39. The molecule has 3 nitrogen and oxygen atoms in total. The van der Waals surface area contributed by atoms with Crippen molar-refractivity contribution in [1.29, 1.82) is 0 Å². The minimum absolute atomic E-state index is 0.324. The molecule has 1 fully saturated rings. The van der Waals surface area contributed by atoms with Gasteiger partial charge in [-0.15, -0.1) is 0 Å². The third kappa shape index (κ3) is 2.91. The Morgan fingerprint density at radius 2 is 2.00 bits per heavy atom. The molecule has 1 aliphatic rings. The van der Waals surface area contributed by atoms with Gasteiger partial charge >= 0.3 is 0 Å². The molecular weight excluding hydrogens is 278 g/mol. The van der Waals surface area contributed by atoms with Crippen molar-refractivity contribution in [3.05, 3.63) is 30.3 Å². The predicted octanol–water partition coefficient (Wildman–Crippen LogP) is 4.77. The smallest absolute Gasteiger partial charge is 0.147 e. The van der Waals surface area contributed by atoms with Crippen LogP contribution in [0.5, 0.6) is 0 Å². The molecule has 1 saturated carbocycles. The van der Waals surface area contributed by atoms with Crippen molar-refractivity contribution in [1.82, 2.24) is 4.37 Å². The van der Waals surface area contributed by atoms with E-state index in [1.165, 1.54) is 37.2 Å². The summed E-state index contributed by atoms with van der Waals surface area (Å²) < 4.78 is 4.36. The second-order valence-electron chi connectivity index (χ2n) is 6.57. The van der Waals surface area contributed by atoms with Gasteiger partial charge in [0.1, 0.15) is 10.8 Å². The fraction of sp³-hybridized carbons (Fsp3) is 0.471. The summed E-state index contributed by atoms with van der Waals surface area (Å²) in [6.45, 7) is 4.72. The van der Waals surface area contributed by atoms with E-state index >= 15 is 0 Å². The molecule has 1 unspecified atom stereocenters. The number of hydrogen-bond acceptors (Lipinski definition) is 4. The highest BCUT2D eigenvalue weighted by Gasteiger charge is 2.33. The molecule has 0 aliphatic heterocycles. The molecule has 112 valence electrons. The molecule has 2 aromatic rings. The largest absolute Gasteiger partial charge is 0.382 e. The summed E-state index contributed by atoms with van der Waals surface area (Å²) in [6, 6.07) is 10.8. The number of nitrogens with one attached hydrogen (secondary N) is 1. The van der Waals surface area contributed by atoms with Crippen LogP contribution in [0.15, 0.2) is 30.3 Å².